The predicted molar refractivity (Wildman–Crippen MR) is 110 cm³/mol. The standard InChI is InChI=1S/C24H23NO3/c1-18-17-27-22-15-9-8-14-21(22)25(18)24(26)23(16-19-10-4-2-5-11-19)28-20-12-6-3-7-13-20/h2-15,18,23H,16-17H2,1H3/t18-,23-/m1/s1. The van der Waals surface area contributed by atoms with Crippen LogP contribution in [0.3, 0.4) is 0 Å². The number of fused-ring (bicyclic) bond motifs is 1. The summed E-state index contributed by atoms with van der Waals surface area (Å²) in [5.74, 6) is 1.36. The molecule has 0 spiro atoms. The van der Waals surface area contributed by atoms with Crippen LogP contribution in [0.1, 0.15) is 12.5 Å². The normalized spacial score (nSPS) is 16.6. The molecule has 142 valence electrons. The highest BCUT2D eigenvalue weighted by molar-refractivity contribution is 5.99. The lowest BCUT2D eigenvalue weighted by Crippen LogP contribution is -2.51. The molecule has 3 aromatic carbocycles. The monoisotopic (exact) mass is 373 g/mol. The molecule has 0 fully saturated rings. The molecular formula is C24H23NO3. The fraction of sp³-hybridized carbons (Fsp3) is 0.208. The highest BCUT2D eigenvalue weighted by Crippen LogP contribution is 2.34. The number of para-hydroxylation sites is 3. The number of amides is 1. The number of benzene rings is 3. The molecule has 0 aromatic heterocycles. The Bertz CT molecular complexity index is 885. The van der Waals surface area contributed by atoms with E-state index in [2.05, 4.69) is 0 Å². The Morgan fingerprint density at radius 3 is 2.39 bits per heavy atom. The molecule has 0 bridgehead atoms. The van der Waals surface area contributed by atoms with E-state index in [1.54, 1.807) is 0 Å². The van der Waals surface area contributed by atoms with Crippen LogP contribution in [0.2, 0.25) is 0 Å². The predicted octanol–water partition coefficient (Wildman–Crippen LogP) is 4.49. The van der Waals surface area contributed by atoms with Crippen molar-refractivity contribution in [1.82, 2.24) is 0 Å². The Morgan fingerprint density at radius 2 is 1.64 bits per heavy atom. The summed E-state index contributed by atoms with van der Waals surface area (Å²) >= 11 is 0. The molecule has 4 heteroatoms. The lowest BCUT2D eigenvalue weighted by Gasteiger charge is -2.37. The van der Waals surface area contributed by atoms with Gasteiger partial charge in [0.2, 0.25) is 0 Å². The number of anilines is 1. The van der Waals surface area contributed by atoms with Crippen molar-refractivity contribution in [3.63, 3.8) is 0 Å². The molecule has 2 atom stereocenters. The SMILES string of the molecule is C[C@@H]1COc2ccccc2N1C(=O)[C@@H](Cc1ccccc1)Oc1ccccc1. The Labute approximate surface area is 165 Å². The first-order valence-electron chi connectivity index (χ1n) is 9.53. The minimum atomic E-state index is -0.626. The topological polar surface area (TPSA) is 38.8 Å². The Hall–Kier alpha value is -3.27. The third-order valence-electron chi connectivity index (χ3n) is 4.84. The maximum absolute atomic E-state index is 13.6. The minimum Gasteiger partial charge on any atom is -0.489 e. The van der Waals surface area contributed by atoms with Crippen molar-refractivity contribution >= 4 is 11.6 Å². The Kier molecular flexibility index (Phi) is 5.29. The van der Waals surface area contributed by atoms with Gasteiger partial charge in [0.25, 0.3) is 5.91 Å². The summed E-state index contributed by atoms with van der Waals surface area (Å²) < 4.78 is 12.0. The van der Waals surface area contributed by atoms with Gasteiger partial charge >= 0.3 is 0 Å². The molecule has 0 N–H and O–H groups in total. The van der Waals surface area contributed by atoms with E-state index >= 15 is 0 Å². The third kappa shape index (κ3) is 3.86. The number of rotatable bonds is 5. The third-order valence-corrected chi connectivity index (χ3v) is 4.84. The number of hydrogen-bond acceptors (Lipinski definition) is 3. The van der Waals surface area contributed by atoms with E-state index in [0.29, 0.717) is 18.8 Å². The van der Waals surface area contributed by atoms with Crippen LogP contribution < -0.4 is 14.4 Å². The molecule has 0 radical (unpaired) electrons. The molecule has 0 saturated carbocycles. The van der Waals surface area contributed by atoms with Crippen molar-refractivity contribution in [2.45, 2.75) is 25.5 Å². The maximum Gasteiger partial charge on any atom is 0.268 e. The summed E-state index contributed by atoms with van der Waals surface area (Å²) in [6.07, 6.45) is -0.126. The molecule has 28 heavy (non-hydrogen) atoms. The van der Waals surface area contributed by atoms with E-state index in [0.717, 1.165) is 17.0 Å². The Balaban J connectivity index is 1.66. The molecule has 0 aliphatic carbocycles. The van der Waals surface area contributed by atoms with Crippen LogP contribution in [-0.2, 0) is 11.2 Å². The van der Waals surface area contributed by atoms with Crippen LogP contribution in [-0.4, -0.2) is 24.7 Å². The fourth-order valence-electron chi connectivity index (χ4n) is 3.46. The summed E-state index contributed by atoms with van der Waals surface area (Å²) in [7, 11) is 0. The zero-order chi connectivity index (χ0) is 19.3. The van der Waals surface area contributed by atoms with Crippen molar-refractivity contribution in [3.05, 3.63) is 90.5 Å². The highest BCUT2D eigenvalue weighted by atomic mass is 16.5. The molecular weight excluding hydrogens is 350 g/mol. The highest BCUT2D eigenvalue weighted by Gasteiger charge is 2.35. The summed E-state index contributed by atoms with van der Waals surface area (Å²) in [6.45, 7) is 2.46. The van der Waals surface area contributed by atoms with E-state index < -0.39 is 6.10 Å². The van der Waals surface area contributed by atoms with Crippen molar-refractivity contribution in [2.24, 2.45) is 0 Å². The molecule has 0 unspecified atom stereocenters. The summed E-state index contributed by atoms with van der Waals surface area (Å²) in [5, 5.41) is 0. The second kappa shape index (κ2) is 8.17. The van der Waals surface area contributed by atoms with Crippen LogP contribution >= 0.6 is 0 Å². The first kappa shape index (κ1) is 18.1. The van der Waals surface area contributed by atoms with Crippen molar-refractivity contribution in [3.8, 4) is 11.5 Å². The number of carbonyl (C=O) groups is 1. The molecule has 1 aliphatic heterocycles. The largest absolute Gasteiger partial charge is 0.489 e. The van der Waals surface area contributed by atoms with Gasteiger partial charge in [-0.3, -0.25) is 9.69 Å². The molecule has 3 aromatic rings. The molecule has 1 heterocycles. The van der Waals surface area contributed by atoms with Gasteiger partial charge in [0.05, 0.1) is 11.7 Å². The molecule has 0 saturated heterocycles. The Morgan fingerprint density at radius 1 is 1.00 bits per heavy atom. The van der Waals surface area contributed by atoms with Crippen LogP contribution in [0.15, 0.2) is 84.9 Å². The lowest BCUT2D eigenvalue weighted by atomic mass is 10.0. The summed E-state index contributed by atoms with van der Waals surface area (Å²) in [4.78, 5) is 15.4. The zero-order valence-corrected chi connectivity index (χ0v) is 15.8. The molecule has 4 rings (SSSR count). The van der Waals surface area contributed by atoms with Gasteiger partial charge in [-0.1, -0.05) is 60.7 Å². The van der Waals surface area contributed by atoms with Gasteiger partial charge in [0, 0.05) is 6.42 Å². The number of hydrogen-bond donors (Lipinski definition) is 0. The van der Waals surface area contributed by atoms with Crippen molar-refractivity contribution < 1.29 is 14.3 Å². The van der Waals surface area contributed by atoms with Crippen LogP contribution in [0, 0.1) is 0 Å². The van der Waals surface area contributed by atoms with Gasteiger partial charge in [-0.05, 0) is 36.8 Å². The second-order valence-electron chi connectivity index (χ2n) is 6.95. The minimum absolute atomic E-state index is 0.0593. The molecule has 4 nitrogen and oxygen atoms in total. The first-order chi connectivity index (χ1) is 13.7. The van der Waals surface area contributed by atoms with Crippen LogP contribution in [0.25, 0.3) is 0 Å². The van der Waals surface area contributed by atoms with Gasteiger partial charge in [-0.15, -0.1) is 0 Å². The van der Waals surface area contributed by atoms with E-state index in [1.807, 2.05) is 96.8 Å². The first-order valence-corrected chi connectivity index (χ1v) is 9.53. The fourth-order valence-corrected chi connectivity index (χ4v) is 3.46. The lowest BCUT2D eigenvalue weighted by molar-refractivity contribution is -0.126. The van der Waals surface area contributed by atoms with E-state index in [9.17, 15) is 4.79 Å². The van der Waals surface area contributed by atoms with Gasteiger partial charge in [0.15, 0.2) is 6.10 Å². The maximum atomic E-state index is 13.6. The number of ether oxygens (including phenoxy) is 2. The van der Waals surface area contributed by atoms with Gasteiger partial charge in [-0.2, -0.15) is 0 Å². The zero-order valence-electron chi connectivity index (χ0n) is 15.8. The van der Waals surface area contributed by atoms with E-state index in [1.165, 1.54) is 0 Å². The van der Waals surface area contributed by atoms with Gasteiger partial charge in [0.1, 0.15) is 18.1 Å². The number of nitrogens with zero attached hydrogens (tertiary/aromatic N) is 1. The van der Waals surface area contributed by atoms with Gasteiger partial charge < -0.3 is 9.47 Å². The van der Waals surface area contributed by atoms with E-state index in [-0.39, 0.29) is 11.9 Å². The van der Waals surface area contributed by atoms with Crippen LogP contribution in [0.5, 0.6) is 11.5 Å². The average Bonchev–Trinajstić information content (AvgIpc) is 2.74. The van der Waals surface area contributed by atoms with Crippen LogP contribution in [0.4, 0.5) is 5.69 Å². The van der Waals surface area contributed by atoms with Crippen molar-refractivity contribution in [2.75, 3.05) is 11.5 Å². The summed E-state index contributed by atoms with van der Waals surface area (Å²) in [6, 6.07) is 27.1. The second-order valence-corrected chi connectivity index (χ2v) is 6.95. The smallest absolute Gasteiger partial charge is 0.268 e. The van der Waals surface area contributed by atoms with Gasteiger partial charge in [-0.25, -0.2) is 0 Å². The average molecular weight is 373 g/mol. The number of carbonyl (C=O) groups excluding carboxylic acids is 1. The summed E-state index contributed by atoms with van der Waals surface area (Å²) in [5.41, 5.74) is 1.85. The van der Waals surface area contributed by atoms with Crippen molar-refractivity contribution in [1.29, 1.82) is 0 Å². The molecule has 1 aliphatic rings. The van der Waals surface area contributed by atoms with E-state index in [4.69, 9.17) is 9.47 Å². The molecule has 1 amide bonds. The quantitative estimate of drug-likeness (QED) is 0.661.